The molecule has 1 aromatic rings. The van der Waals surface area contributed by atoms with E-state index >= 15 is 0 Å². The van der Waals surface area contributed by atoms with Gasteiger partial charge in [0.15, 0.2) is 12.6 Å². The van der Waals surface area contributed by atoms with Crippen molar-refractivity contribution in [3.05, 3.63) is 23.9 Å². The van der Waals surface area contributed by atoms with Gasteiger partial charge in [-0.25, -0.2) is 9.98 Å². The molecule has 1 aromatic heterocycles. The first-order valence-electron chi connectivity index (χ1n) is 7.63. The lowest BCUT2D eigenvalue weighted by atomic mass is 10.3. The molecule has 1 saturated carbocycles. The third-order valence-corrected chi connectivity index (χ3v) is 3.20. The quantitative estimate of drug-likeness (QED) is 0.596. The van der Waals surface area contributed by atoms with Crippen molar-refractivity contribution in [3.63, 3.8) is 0 Å². The maximum absolute atomic E-state index is 12.1. The number of pyridine rings is 1. The van der Waals surface area contributed by atoms with Crippen LogP contribution in [0.4, 0.5) is 13.2 Å². The predicted molar refractivity (Wildman–Crippen MR) is 81.3 cm³/mol. The molecule has 0 atom stereocenters. The maximum atomic E-state index is 12.1. The second kappa shape index (κ2) is 8.03. The van der Waals surface area contributed by atoms with E-state index in [1.165, 1.54) is 25.1 Å². The molecule has 0 amide bonds. The first kappa shape index (κ1) is 17.4. The molecule has 0 aromatic carbocycles. The van der Waals surface area contributed by atoms with Crippen LogP contribution in [-0.2, 0) is 6.54 Å². The average Bonchev–Trinajstić information content (AvgIpc) is 3.32. The fourth-order valence-electron chi connectivity index (χ4n) is 1.86. The number of rotatable bonds is 7. The lowest BCUT2D eigenvalue weighted by Crippen LogP contribution is -2.38. The van der Waals surface area contributed by atoms with Crippen LogP contribution < -0.4 is 15.4 Å². The van der Waals surface area contributed by atoms with Gasteiger partial charge < -0.3 is 15.4 Å². The van der Waals surface area contributed by atoms with Gasteiger partial charge in [0.25, 0.3) is 0 Å². The highest BCUT2D eigenvalue weighted by Crippen LogP contribution is 2.27. The number of aromatic nitrogens is 1. The molecule has 5 nitrogen and oxygen atoms in total. The molecule has 23 heavy (non-hydrogen) atoms. The number of alkyl halides is 3. The molecule has 0 saturated heterocycles. The Kier molecular flexibility index (Phi) is 6.06. The van der Waals surface area contributed by atoms with E-state index in [9.17, 15) is 13.2 Å². The van der Waals surface area contributed by atoms with E-state index in [1.807, 2.05) is 6.92 Å². The zero-order chi connectivity index (χ0) is 16.7. The summed E-state index contributed by atoms with van der Waals surface area (Å²) in [5, 5.41) is 6.39. The van der Waals surface area contributed by atoms with Crippen LogP contribution in [-0.4, -0.2) is 36.8 Å². The Morgan fingerprint density at radius 1 is 1.39 bits per heavy atom. The Labute approximate surface area is 133 Å². The number of guanidine groups is 1. The normalized spacial score (nSPS) is 15.4. The van der Waals surface area contributed by atoms with Gasteiger partial charge in [-0.15, -0.1) is 0 Å². The Balaban J connectivity index is 1.90. The lowest BCUT2D eigenvalue weighted by Gasteiger charge is -2.11. The fourth-order valence-corrected chi connectivity index (χ4v) is 1.86. The molecular weight excluding hydrogens is 309 g/mol. The topological polar surface area (TPSA) is 58.5 Å². The monoisotopic (exact) mass is 330 g/mol. The number of hydrogen-bond donors (Lipinski definition) is 2. The van der Waals surface area contributed by atoms with Crippen LogP contribution in [0.2, 0.25) is 0 Å². The zero-order valence-electron chi connectivity index (χ0n) is 13.0. The van der Waals surface area contributed by atoms with Gasteiger partial charge in [-0.2, -0.15) is 13.2 Å². The van der Waals surface area contributed by atoms with Crippen LogP contribution in [0.15, 0.2) is 23.3 Å². The zero-order valence-corrected chi connectivity index (χ0v) is 13.0. The van der Waals surface area contributed by atoms with Crippen molar-refractivity contribution >= 4 is 5.96 Å². The summed E-state index contributed by atoms with van der Waals surface area (Å²) in [4.78, 5) is 8.19. The van der Waals surface area contributed by atoms with Crippen LogP contribution in [0.5, 0.6) is 5.88 Å². The Morgan fingerprint density at radius 3 is 2.83 bits per heavy atom. The molecule has 1 aliphatic rings. The fraction of sp³-hybridized carbons (Fsp3) is 0.600. The molecule has 8 heteroatoms. The standard InChI is InChI=1S/C15H21F3N4O/c1-2-19-14(21-8-11-3-4-11)22-9-12-5-6-20-13(7-12)23-10-15(16,17)18/h5-7,11H,2-4,8-10H2,1H3,(H2,19,21,22). The summed E-state index contributed by atoms with van der Waals surface area (Å²) in [7, 11) is 0. The van der Waals surface area contributed by atoms with Gasteiger partial charge in [-0.05, 0) is 37.3 Å². The smallest absolute Gasteiger partial charge is 0.422 e. The van der Waals surface area contributed by atoms with Crippen molar-refractivity contribution in [2.45, 2.75) is 32.5 Å². The Morgan fingerprint density at radius 2 is 2.17 bits per heavy atom. The van der Waals surface area contributed by atoms with Crippen LogP contribution in [0.1, 0.15) is 25.3 Å². The molecule has 128 valence electrons. The van der Waals surface area contributed by atoms with E-state index in [1.54, 1.807) is 6.07 Å². The minimum Gasteiger partial charge on any atom is -0.468 e. The SMILES string of the molecule is CCNC(=NCc1ccnc(OCC(F)(F)F)c1)NCC1CC1. The number of nitrogens with one attached hydrogen (secondary N) is 2. The van der Waals surface area contributed by atoms with Gasteiger partial charge >= 0.3 is 6.18 Å². The van der Waals surface area contributed by atoms with Gasteiger partial charge in [0.2, 0.25) is 5.88 Å². The van der Waals surface area contributed by atoms with Gasteiger partial charge in [0, 0.05) is 25.4 Å². The second-order valence-corrected chi connectivity index (χ2v) is 5.43. The summed E-state index contributed by atoms with van der Waals surface area (Å²) in [6.07, 6.45) is -0.463. The average molecular weight is 330 g/mol. The van der Waals surface area contributed by atoms with E-state index in [2.05, 4.69) is 25.3 Å². The largest absolute Gasteiger partial charge is 0.468 e. The minimum absolute atomic E-state index is 0.0500. The van der Waals surface area contributed by atoms with Crippen LogP contribution in [0.25, 0.3) is 0 Å². The number of ether oxygens (including phenoxy) is 1. The first-order chi connectivity index (χ1) is 11.0. The Hall–Kier alpha value is -1.99. The summed E-state index contributed by atoms with van der Waals surface area (Å²) in [5.74, 6) is 1.38. The first-order valence-corrected chi connectivity index (χ1v) is 7.63. The number of halogens is 3. The highest BCUT2D eigenvalue weighted by atomic mass is 19.4. The molecule has 0 unspecified atom stereocenters. The van der Waals surface area contributed by atoms with Crippen LogP contribution >= 0.6 is 0 Å². The summed E-state index contributed by atoms with van der Waals surface area (Å²) in [6.45, 7) is 2.60. The van der Waals surface area contributed by atoms with Gasteiger partial charge in [-0.1, -0.05) is 0 Å². The summed E-state index contributed by atoms with van der Waals surface area (Å²) >= 11 is 0. The molecule has 0 radical (unpaired) electrons. The van der Waals surface area contributed by atoms with Crippen LogP contribution in [0, 0.1) is 5.92 Å². The molecule has 1 aliphatic carbocycles. The van der Waals surface area contributed by atoms with Crippen molar-refractivity contribution in [1.29, 1.82) is 0 Å². The molecular formula is C15H21F3N4O. The second-order valence-electron chi connectivity index (χ2n) is 5.43. The summed E-state index contributed by atoms with van der Waals surface area (Å²) < 4.78 is 41.1. The van der Waals surface area contributed by atoms with E-state index in [4.69, 9.17) is 0 Å². The van der Waals surface area contributed by atoms with E-state index in [-0.39, 0.29) is 5.88 Å². The Bertz CT molecular complexity index is 530. The van der Waals surface area contributed by atoms with Gasteiger partial charge in [0.05, 0.1) is 6.54 Å². The minimum atomic E-state index is -4.37. The third-order valence-electron chi connectivity index (χ3n) is 3.20. The van der Waals surface area contributed by atoms with E-state index < -0.39 is 12.8 Å². The molecule has 0 bridgehead atoms. The summed E-state index contributed by atoms with van der Waals surface area (Å²) in [5.41, 5.74) is 0.737. The molecule has 2 N–H and O–H groups in total. The number of nitrogens with zero attached hydrogens (tertiary/aromatic N) is 2. The van der Waals surface area contributed by atoms with Gasteiger partial charge in [0.1, 0.15) is 0 Å². The van der Waals surface area contributed by atoms with E-state index in [0.29, 0.717) is 12.5 Å². The summed E-state index contributed by atoms with van der Waals surface area (Å²) in [6, 6.07) is 3.17. The molecule has 0 spiro atoms. The molecule has 2 rings (SSSR count). The van der Waals surface area contributed by atoms with Crippen molar-refractivity contribution in [2.24, 2.45) is 10.9 Å². The number of aliphatic imine (C=N–C) groups is 1. The maximum Gasteiger partial charge on any atom is 0.422 e. The van der Waals surface area contributed by atoms with Crippen molar-refractivity contribution in [2.75, 3.05) is 19.7 Å². The van der Waals surface area contributed by atoms with Gasteiger partial charge in [-0.3, -0.25) is 0 Å². The van der Waals surface area contributed by atoms with Crippen molar-refractivity contribution in [3.8, 4) is 5.88 Å². The van der Waals surface area contributed by atoms with Crippen molar-refractivity contribution in [1.82, 2.24) is 15.6 Å². The lowest BCUT2D eigenvalue weighted by molar-refractivity contribution is -0.154. The predicted octanol–water partition coefficient (Wildman–Crippen LogP) is 2.49. The van der Waals surface area contributed by atoms with Crippen LogP contribution in [0.3, 0.4) is 0 Å². The molecule has 1 fully saturated rings. The highest BCUT2D eigenvalue weighted by Gasteiger charge is 2.28. The van der Waals surface area contributed by atoms with Crippen molar-refractivity contribution < 1.29 is 17.9 Å². The highest BCUT2D eigenvalue weighted by molar-refractivity contribution is 5.79. The molecule has 1 heterocycles. The number of hydrogen-bond acceptors (Lipinski definition) is 3. The third kappa shape index (κ3) is 7.21. The van der Waals surface area contributed by atoms with E-state index in [0.717, 1.165) is 24.6 Å². The molecule has 0 aliphatic heterocycles.